The largest absolute Gasteiger partial charge is 0.389 e. The highest BCUT2D eigenvalue weighted by Gasteiger charge is 2.33. The highest BCUT2D eigenvalue weighted by Crippen LogP contribution is 2.33. The molecule has 1 aliphatic heterocycles. The normalized spacial score (nSPS) is 16.9. The van der Waals surface area contributed by atoms with Crippen LogP contribution in [0.2, 0.25) is 5.15 Å². The summed E-state index contributed by atoms with van der Waals surface area (Å²) in [7, 11) is 1.78. The van der Waals surface area contributed by atoms with Gasteiger partial charge in [-0.15, -0.1) is 0 Å². The zero-order valence-electron chi connectivity index (χ0n) is 13.5. The highest BCUT2D eigenvalue weighted by atomic mass is 35.5. The number of nitrogens with zero attached hydrogens (tertiary/aromatic N) is 3. The van der Waals surface area contributed by atoms with E-state index in [1.807, 2.05) is 6.07 Å². The number of hydrogen-bond acceptors (Lipinski definition) is 5. The van der Waals surface area contributed by atoms with Gasteiger partial charge in [0.2, 0.25) is 0 Å². The minimum atomic E-state index is -0.832. The Hall–Kier alpha value is -1.92. The summed E-state index contributed by atoms with van der Waals surface area (Å²) < 4.78 is 13.3. The van der Waals surface area contributed by atoms with E-state index in [0.717, 1.165) is 11.4 Å². The van der Waals surface area contributed by atoms with E-state index in [1.54, 1.807) is 13.1 Å². The molecule has 0 unspecified atom stereocenters. The summed E-state index contributed by atoms with van der Waals surface area (Å²) in [6.07, 6.45) is 3.04. The van der Waals surface area contributed by atoms with E-state index in [4.69, 9.17) is 11.6 Å². The fourth-order valence-electron chi connectivity index (χ4n) is 3.15. The first kappa shape index (κ1) is 16.9. The maximum absolute atomic E-state index is 13.3. The van der Waals surface area contributed by atoms with Gasteiger partial charge in [-0.2, -0.15) is 0 Å². The maximum Gasteiger partial charge on any atom is 0.157 e. The first-order valence-electron chi connectivity index (χ1n) is 7.91. The second-order valence-electron chi connectivity index (χ2n) is 6.13. The number of aliphatic hydroxyl groups is 1. The lowest BCUT2D eigenvalue weighted by molar-refractivity contribution is 0.0164. The van der Waals surface area contributed by atoms with Crippen LogP contribution in [0.4, 0.5) is 15.9 Å². The molecular weight excluding hydrogens is 331 g/mol. The number of aromatic nitrogens is 2. The molecule has 0 spiro atoms. The molecule has 0 bridgehead atoms. The van der Waals surface area contributed by atoms with Gasteiger partial charge in [0, 0.05) is 26.6 Å². The second-order valence-corrected chi connectivity index (χ2v) is 6.49. The van der Waals surface area contributed by atoms with Gasteiger partial charge < -0.3 is 15.3 Å². The van der Waals surface area contributed by atoms with Crippen LogP contribution in [0.25, 0.3) is 0 Å². The number of piperidine rings is 1. The smallest absolute Gasteiger partial charge is 0.157 e. The number of nitrogens with one attached hydrogen (secondary N) is 1. The summed E-state index contributed by atoms with van der Waals surface area (Å²) in [5.74, 6) is 0.466. The van der Waals surface area contributed by atoms with E-state index < -0.39 is 5.60 Å². The van der Waals surface area contributed by atoms with E-state index in [2.05, 4.69) is 20.2 Å². The van der Waals surface area contributed by atoms with Crippen molar-refractivity contribution in [3.63, 3.8) is 0 Å². The first-order chi connectivity index (χ1) is 11.5. The zero-order valence-corrected chi connectivity index (χ0v) is 14.2. The van der Waals surface area contributed by atoms with Crippen molar-refractivity contribution >= 4 is 23.1 Å². The summed E-state index contributed by atoms with van der Waals surface area (Å²) in [4.78, 5) is 10.4. The Balaban J connectivity index is 1.70. The van der Waals surface area contributed by atoms with Crippen molar-refractivity contribution in [1.29, 1.82) is 0 Å². The van der Waals surface area contributed by atoms with Gasteiger partial charge in [0.15, 0.2) is 11.0 Å². The number of halogens is 2. The van der Waals surface area contributed by atoms with Crippen LogP contribution < -0.4 is 10.2 Å². The van der Waals surface area contributed by atoms with E-state index in [1.165, 1.54) is 18.5 Å². The van der Waals surface area contributed by atoms with Crippen molar-refractivity contribution in [3.8, 4) is 0 Å². The summed E-state index contributed by atoms with van der Waals surface area (Å²) in [6.45, 7) is 1.29. The Morgan fingerprint density at radius 3 is 2.75 bits per heavy atom. The molecule has 0 amide bonds. The Kier molecular flexibility index (Phi) is 4.87. The third-order valence-electron chi connectivity index (χ3n) is 4.45. The average Bonchev–Trinajstić information content (AvgIpc) is 2.55. The topological polar surface area (TPSA) is 61.3 Å². The van der Waals surface area contributed by atoms with Crippen molar-refractivity contribution in [1.82, 2.24) is 9.97 Å². The minimum Gasteiger partial charge on any atom is -0.389 e. The highest BCUT2D eigenvalue weighted by molar-refractivity contribution is 6.32. The Morgan fingerprint density at radius 1 is 1.33 bits per heavy atom. The van der Waals surface area contributed by atoms with Crippen LogP contribution in [-0.2, 0) is 6.42 Å². The lowest BCUT2D eigenvalue weighted by atomic mass is 9.85. The van der Waals surface area contributed by atoms with Crippen molar-refractivity contribution in [2.45, 2.75) is 24.9 Å². The predicted octanol–water partition coefficient (Wildman–Crippen LogP) is 2.88. The van der Waals surface area contributed by atoms with Crippen LogP contribution in [-0.4, -0.2) is 40.8 Å². The van der Waals surface area contributed by atoms with Crippen LogP contribution in [0.15, 0.2) is 30.6 Å². The molecule has 2 N–H and O–H groups in total. The Morgan fingerprint density at radius 2 is 2.08 bits per heavy atom. The molecule has 0 atom stereocenters. The Bertz CT molecular complexity index is 719. The third-order valence-corrected chi connectivity index (χ3v) is 4.73. The van der Waals surface area contributed by atoms with Gasteiger partial charge in [0.25, 0.3) is 0 Å². The molecule has 128 valence electrons. The van der Waals surface area contributed by atoms with Crippen LogP contribution in [0.3, 0.4) is 0 Å². The minimum absolute atomic E-state index is 0.275. The summed E-state index contributed by atoms with van der Waals surface area (Å²) >= 11 is 6.10. The van der Waals surface area contributed by atoms with Gasteiger partial charge in [-0.1, -0.05) is 23.7 Å². The number of anilines is 2. The molecule has 1 aromatic carbocycles. The lowest BCUT2D eigenvalue weighted by Crippen LogP contribution is -2.46. The summed E-state index contributed by atoms with van der Waals surface area (Å²) in [5, 5.41) is 14.2. The molecule has 2 aromatic rings. The maximum atomic E-state index is 13.3. The third kappa shape index (κ3) is 3.60. The van der Waals surface area contributed by atoms with Gasteiger partial charge in [0.05, 0.1) is 5.60 Å². The molecule has 7 heteroatoms. The van der Waals surface area contributed by atoms with E-state index in [0.29, 0.717) is 43.2 Å². The van der Waals surface area contributed by atoms with E-state index in [9.17, 15) is 9.50 Å². The van der Waals surface area contributed by atoms with Crippen molar-refractivity contribution in [2.75, 3.05) is 30.4 Å². The molecular formula is C17H20ClFN4O. The number of rotatable bonds is 4. The molecule has 1 saturated heterocycles. The summed E-state index contributed by atoms with van der Waals surface area (Å²) in [5.41, 5.74) is 0.669. The second kappa shape index (κ2) is 6.91. The molecule has 2 heterocycles. The molecule has 1 aromatic heterocycles. The summed E-state index contributed by atoms with van der Waals surface area (Å²) in [6, 6.07) is 6.41. The fraction of sp³-hybridized carbons (Fsp3) is 0.412. The van der Waals surface area contributed by atoms with E-state index >= 15 is 0 Å². The molecule has 0 aliphatic carbocycles. The quantitative estimate of drug-likeness (QED) is 0.830. The Labute approximate surface area is 145 Å². The molecule has 24 heavy (non-hydrogen) atoms. The number of hydrogen-bond donors (Lipinski definition) is 2. The van der Waals surface area contributed by atoms with Crippen LogP contribution in [0.5, 0.6) is 0 Å². The molecule has 1 fully saturated rings. The molecule has 1 aliphatic rings. The van der Waals surface area contributed by atoms with E-state index in [-0.39, 0.29) is 5.82 Å². The molecule has 0 saturated carbocycles. The van der Waals surface area contributed by atoms with Crippen molar-refractivity contribution in [2.24, 2.45) is 0 Å². The monoisotopic (exact) mass is 350 g/mol. The van der Waals surface area contributed by atoms with Gasteiger partial charge in [-0.05, 0) is 30.5 Å². The molecule has 5 nitrogen and oxygen atoms in total. The standard InChI is InChI=1S/C17H20ClFN4O/c1-20-14-15(18)21-11-22-16(14)23-7-5-17(24,6-8-23)10-12-3-2-4-13(19)9-12/h2-4,9,11,20,24H,5-8,10H2,1H3. The van der Waals surface area contributed by atoms with Crippen LogP contribution in [0, 0.1) is 5.82 Å². The van der Waals surface area contributed by atoms with Crippen molar-refractivity contribution < 1.29 is 9.50 Å². The molecule has 3 rings (SSSR count). The lowest BCUT2D eigenvalue weighted by Gasteiger charge is -2.39. The van der Waals surface area contributed by atoms with Crippen LogP contribution >= 0.6 is 11.6 Å². The van der Waals surface area contributed by atoms with Gasteiger partial charge in [0.1, 0.15) is 17.8 Å². The van der Waals surface area contributed by atoms with Gasteiger partial charge >= 0.3 is 0 Å². The molecule has 0 radical (unpaired) electrons. The SMILES string of the molecule is CNc1c(Cl)ncnc1N1CCC(O)(Cc2cccc(F)c2)CC1. The predicted molar refractivity (Wildman–Crippen MR) is 93.1 cm³/mol. The first-order valence-corrected chi connectivity index (χ1v) is 8.28. The van der Waals surface area contributed by atoms with Gasteiger partial charge in [-0.25, -0.2) is 14.4 Å². The zero-order chi connectivity index (χ0) is 17.2. The fourth-order valence-corrected chi connectivity index (χ4v) is 3.37. The average molecular weight is 351 g/mol. The number of benzene rings is 1. The van der Waals surface area contributed by atoms with Gasteiger partial charge in [-0.3, -0.25) is 0 Å². The van der Waals surface area contributed by atoms with Crippen LogP contribution in [0.1, 0.15) is 18.4 Å². The van der Waals surface area contributed by atoms with Crippen molar-refractivity contribution in [3.05, 3.63) is 47.1 Å².